The van der Waals surface area contributed by atoms with Crippen molar-refractivity contribution in [1.29, 1.82) is 5.26 Å². The van der Waals surface area contributed by atoms with Crippen molar-refractivity contribution in [3.63, 3.8) is 0 Å². The zero-order valence-corrected chi connectivity index (χ0v) is 31.5. The zero-order chi connectivity index (χ0) is 39.3. The van der Waals surface area contributed by atoms with Crippen molar-refractivity contribution in [2.24, 2.45) is 0 Å². The Morgan fingerprint density at radius 2 is 1.08 bits per heavy atom. The first kappa shape index (κ1) is 46.7. The fraction of sp³-hybridized carbons (Fsp3) is 0.588. The van der Waals surface area contributed by atoms with Crippen LogP contribution in [-0.4, -0.2) is 112 Å². The van der Waals surface area contributed by atoms with Gasteiger partial charge in [0.2, 0.25) is 29.5 Å². The number of carbonyl (C=O) groups is 6. The highest BCUT2D eigenvalue weighted by Crippen LogP contribution is 2.16. The third kappa shape index (κ3) is 23.8. The molecule has 1 rings (SSSR count). The average Bonchev–Trinajstić information content (AvgIpc) is 3.15. The van der Waals surface area contributed by atoms with E-state index in [0.29, 0.717) is 93.2 Å². The molecule has 0 saturated heterocycles. The second kappa shape index (κ2) is 29.1. The lowest BCUT2D eigenvalue weighted by molar-refractivity contribution is -0.166. The number of hydroxylamine groups is 4. The predicted octanol–water partition coefficient (Wildman–Crippen LogP) is 1.71. The van der Waals surface area contributed by atoms with Gasteiger partial charge in [-0.2, -0.15) is 5.26 Å². The first-order valence-electron chi connectivity index (χ1n) is 17.6. The number of aliphatic hydroxyl groups is 1. The van der Waals surface area contributed by atoms with E-state index in [1.54, 1.807) is 24.3 Å². The summed E-state index contributed by atoms with van der Waals surface area (Å²) in [7, 11) is 0. The van der Waals surface area contributed by atoms with Gasteiger partial charge in [0, 0.05) is 75.4 Å². The molecule has 1 aromatic carbocycles. The Bertz CT molecular complexity index is 1360. The lowest BCUT2D eigenvalue weighted by atomic mass is 10.2. The first-order chi connectivity index (χ1) is 25.5. The van der Waals surface area contributed by atoms with Crippen LogP contribution in [0.25, 0.3) is 0 Å². The Hall–Kier alpha value is -4.35. The Kier molecular flexibility index (Phi) is 25.7. The summed E-state index contributed by atoms with van der Waals surface area (Å²) in [4.78, 5) is 72.2. The number of rotatable bonds is 27. The summed E-state index contributed by atoms with van der Waals surface area (Å²) < 4.78 is 0. The summed E-state index contributed by atoms with van der Waals surface area (Å²) in [6.07, 6.45) is 5.34. The van der Waals surface area contributed by atoms with Gasteiger partial charge in [0.05, 0.1) is 0 Å². The van der Waals surface area contributed by atoms with Gasteiger partial charge >= 0.3 is 0 Å². The van der Waals surface area contributed by atoms with Gasteiger partial charge in [0.1, 0.15) is 12.0 Å². The summed E-state index contributed by atoms with van der Waals surface area (Å²) >= 11 is 6.14. The van der Waals surface area contributed by atoms with Gasteiger partial charge in [-0.3, -0.25) is 44.5 Å². The third-order valence-corrected chi connectivity index (χ3v) is 8.40. The molecule has 0 radical (unpaired) electrons. The molecule has 19 heteroatoms. The molecule has 0 fully saturated rings. The molecule has 6 amide bonds. The molecule has 0 aliphatic heterocycles. The molecule has 8 N–H and O–H groups in total. The van der Waals surface area contributed by atoms with E-state index in [-0.39, 0.29) is 61.6 Å². The van der Waals surface area contributed by atoms with Crippen molar-refractivity contribution in [2.45, 2.75) is 88.4 Å². The highest BCUT2D eigenvalue weighted by Gasteiger charge is 2.15. The number of thiocyanates is 1. The Labute approximate surface area is 319 Å². The van der Waals surface area contributed by atoms with E-state index in [1.807, 2.05) is 5.40 Å². The van der Waals surface area contributed by atoms with Crippen molar-refractivity contribution in [3.05, 3.63) is 29.8 Å². The molecule has 0 aromatic heterocycles. The molecule has 0 unspecified atom stereocenters. The van der Waals surface area contributed by atoms with E-state index in [0.717, 1.165) is 23.1 Å². The first-order valence-corrected chi connectivity index (χ1v) is 18.8. The summed E-state index contributed by atoms with van der Waals surface area (Å²) in [5.41, 5.74) is 0.406. The molecular formula is C34H52N8O9S2. The third-order valence-electron chi connectivity index (χ3n) is 7.56. The van der Waals surface area contributed by atoms with Crippen LogP contribution in [0.15, 0.2) is 29.2 Å². The molecule has 294 valence electrons. The van der Waals surface area contributed by atoms with Crippen LogP contribution < -0.4 is 26.6 Å². The number of thiocarbonyl (C=S) groups is 1. The minimum atomic E-state index is -0.565. The van der Waals surface area contributed by atoms with Crippen LogP contribution in [0.3, 0.4) is 0 Å². The highest BCUT2D eigenvalue weighted by atomic mass is 32.2. The Balaban J connectivity index is 2.02. The number of benzene rings is 1. The van der Waals surface area contributed by atoms with Crippen LogP contribution in [0.5, 0.6) is 0 Å². The molecular weight excluding hydrogens is 729 g/mol. The molecule has 0 aliphatic carbocycles. The van der Waals surface area contributed by atoms with Gasteiger partial charge in [0.25, 0.3) is 5.91 Å². The van der Waals surface area contributed by atoms with Crippen LogP contribution in [0.4, 0.5) is 0 Å². The number of hydrogen-bond donors (Lipinski definition) is 8. The van der Waals surface area contributed by atoms with Gasteiger partial charge in [-0.25, -0.2) is 10.1 Å². The number of aliphatic hydroxyl groups excluding tert-OH is 1. The maximum Gasteiger partial charge on any atom is 0.257 e. The van der Waals surface area contributed by atoms with E-state index < -0.39 is 24.3 Å². The summed E-state index contributed by atoms with van der Waals surface area (Å²) in [6, 6.07) is 6.55. The van der Waals surface area contributed by atoms with Crippen molar-refractivity contribution >= 4 is 64.5 Å². The molecule has 0 atom stereocenters. The molecule has 0 spiro atoms. The second-order valence-electron chi connectivity index (χ2n) is 11.9. The maximum atomic E-state index is 12.3. The van der Waals surface area contributed by atoms with Gasteiger partial charge in [0.15, 0.2) is 5.11 Å². The largest absolute Gasteiger partial charge is 0.387 e. The number of nitrogens with one attached hydrogen (secondary N) is 5. The van der Waals surface area contributed by atoms with Crippen LogP contribution in [0.2, 0.25) is 0 Å². The Morgan fingerprint density at radius 1 is 0.642 bits per heavy atom. The molecule has 0 bridgehead atoms. The summed E-state index contributed by atoms with van der Waals surface area (Å²) in [6.45, 7) is 1.37. The van der Waals surface area contributed by atoms with E-state index >= 15 is 0 Å². The minimum Gasteiger partial charge on any atom is -0.387 e. The second-order valence-corrected chi connectivity index (χ2v) is 13.1. The number of nitriles is 1. The fourth-order valence-corrected chi connectivity index (χ4v) is 5.14. The van der Waals surface area contributed by atoms with Crippen LogP contribution in [0, 0.1) is 10.7 Å². The number of amides is 6. The van der Waals surface area contributed by atoms with Crippen LogP contribution in [-0.2, 0) is 24.0 Å². The van der Waals surface area contributed by atoms with Crippen molar-refractivity contribution in [2.75, 3.05) is 45.9 Å². The molecule has 1 aromatic rings. The normalized spacial score (nSPS) is 10.4. The topological polar surface area (TPSA) is 254 Å². The van der Waals surface area contributed by atoms with E-state index in [9.17, 15) is 39.2 Å². The lowest BCUT2D eigenvalue weighted by Gasteiger charge is -2.15. The van der Waals surface area contributed by atoms with Crippen LogP contribution >= 0.6 is 24.0 Å². The molecule has 0 heterocycles. The quantitative estimate of drug-likeness (QED) is 0.0158. The van der Waals surface area contributed by atoms with Crippen molar-refractivity contribution in [1.82, 2.24) is 36.7 Å². The number of carbonyl (C=O) groups excluding carboxylic acids is 6. The standard InChI is InChI=1S/C34H52N8O9S2/c35-25-53-27-12-10-26(11-13-27)33(49)40-34(52)39-21-7-3-9-23-42(51)32(48)17-15-29(45)37-19-6-2-8-22-41(50)31(47)16-14-28(44)36-18-4-1-5-20-38-30(46)24-43/h10-13,43,50-51H,1-9,14-24H2,(H,36,44)(H,37,45)(H,38,46)(H2,39,40,49,52). The minimum absolute atomic E-state index is 0.0500. The van der Waals surface area contributed by atoms with Crippen molar-refractivity contribution < 1.29 is 44.3 Å². The van der Waals surface area contributed by atoms with Crippen molar-refractivity contribution in [3.8, 4) is 5.40 Å². The summed E-state index contributed by atoms with van der Waals surface area (Å²) in [5.74, 6) is -2.56. The number of hydrogen-bond acceptors (Lipinski definition) is 12. The molecule has 53 heavy (non-hydrogen) atoms. The number of thioether (sulfide) groups is 1. The smallest absolute Gasteiger partial charge is 0.257 e. The highest BCUT2D eigenvalue weighted by molar-refractivity contribution is 8.03. The molecule has 0 saturated carbocycles. The summed E-state index contributed by atoms with van der Waals surface area (Å²) in [5, 5.41) is 54.1. The zero-order valence-electron chi connectivity index (χ0n) is 29.9. The SMILES string of the molecule is N#CSc1ccc(C(=O)NC(=S)NCCCCCN(O)C(=O)CCC(=O)NCCCCCN(O)C(=O)CCC(=O)NCCCCCNC(=O)CO)cc1. The lowest BCUT2D eigenvalue weighted by Crippen LogP contribution is -2.39. The molecule has 0 aliphatic rings. The van der Waals surface area contributed by atoms with Gasteiger partial charge in [-0.1, -0.05) is 0 Å². The van der Waals surface area contributed by atoms with E-state index in [1.165, 1.54) is 0 Å². The van der Waals surface area contributed by atoms with Gasteiger partial charge in [-0.15, -0.1) is 0 Å². The van der Waals surface area contributed by atoms with Gasteiger partial charge in [-0.05, 0) is 106 Å². The predicted molar refractivity (Wildman–Crippen MR) is 199 cm³/mol. The van der Waals surface area contributed by atoms with E-state index in [4.69, 9.17) is 22.6 Å². The number of nitrogens with zero attached hydrogens (tertiary/aromatic N) is 3. The maximum absolute atomic E-state index is 12.3. The molecule has 17 nitrogen and oxygen atoms in total. The van der Waals surface area contributed by atoms with Gasteiger partial charge < -0.3 is 26.4 Å². The number of unbranched alkanes of at least 4 members (excludes halogenated alkanes) is 6. The van der Waals surface area contributed by atoms with E-state index in [2.05, 4.69) is 26.6 Å². The monoisotopic (exact) mass is 780 g/mol. The fourth-order valence-electron chi connectivity index (χ4n) is 4.57. The Morgan fingerprint density at radius 3 is 1.53 bits per heavy atom. The average molecular weight is 781 g/mol. The van der Waals surface area contributed by atoms with Crippen LogP contribution in [0.1, 0.15) is 93.8 Å².